The molecule has 1 aromatic carbocycles. The minimum absolute atomic E-state index is 0.0233. The van der Waals surface area contributed by atoms with E-state index >= 15 is 0 Å². The predicted octanol–water partition coefficient (Wildman–Crippen LogP) is 0.672. The van der Waals surface area contributed by atoms with E-state index in [1.807, 2.05) is 0 Å². The first-order chi connectivity index (χ1) is 9.76. The Hall–Kier alpha value is -2.00. The molecule has 1 aliphatic heterocycles. The molecule has 0 radical (unpaired) electrons. The minimum Gasteiger partial charge on any atom is -0.336 e. The molecule has 1 aliphatic rings. The summed E-state index contributed by atoms with van der Waals surface area (Å²) in [6.07, 6.45) is 0.232. The van der Waals surface area contributed by atoms with Crippen molar-refractivity contribution in [1.29, 1.82) is 0 Å². The monoisotopic (exact) mass is 314 g/mol. The maximum atomic E-state index is 12.0. The topological polar surface area (TPSA) is 107 Å². The lowest BCUT2D eigenvalue weighted by molar-refractivity contribution is -0.384. The summed E-state index contributed by atoms with van der Waals surface area (Å²) < 4.78 is 26.8. The van der Waals surface area contributed by atoms with Crippen molar-refractivity contribution in [2.45, 2.75) is 19.1 Å². The zero-order valence-corrected chi connectivity index (χ0v) is 12.1. The average Bonchev–Trinajstić information content (AvgIpc) is 2.70. The molecule has 0 saturated carbocycles. The van der Waals surface area contributed by atoms with E-state index in [0.29, 0.717) is 13.0 Å². The number of nitrogens with zero attached hydrogens (tertiary/aromatic N) is 2. The van der Waals surface area contributed by atoms with E-state index in [9.17, 15) is 23.3 Å². The lowest BCUT2D eigenvalue weighted by Crippen LogP contribution is -2.31. The summed E-state index contributed by atoms with van der Waals surface area (Å²) in [5.41, 5.74) is 0.707. The molecule has 9 heteroatoms. The Labute approximate surface area is 121 Å². The summed E-state index contributed by atoms with van der Waals surface area (Å²) >= 11 is 0. The van der Waals surface area contributed by atoms with E-state index in [4.69, 9.17) is 4.18 Å². The van der Waals surface area contributed by atoms with Crippen LogP contribution in [0.1, 0.15) is 12.0 Å². The summed E-state index contributed by atoms with van der Waals surface area (Å²) in [5.74, 6) is -0.390. The molecule has 114 valence electrons. The van der Waals surface area contributed by atoms with Crippen LogP contribution in [0.5, 0.6) is 0 Å². The lowest BCUT2D eigenvalue weighted by atomic mass is 10.2. The largest absolute Gasteiger partial charge is 0.336 e. The molecule has 1 aromatic rings. The van der Waals surface area contributed by atoms with E-state index in [1.165, 1.54) is 17.0 Å². The standard InChI is InChI=1S/C12H14N2O6S/c1-21(18,19)20-11-6-7-13(12(11)15)8-9-2-4-10(5-3-9)14(16)17/h2-5,11H,6-8H2,1H3/t11-/m0/s1. The fraction of sp³-hybridized carbons (Fsp3) is 0.417. The van der Waals surface area contributed by atoms with Gasteiger partial charge in [0.15, 0.2) is 6.10 Å². The van der Waals surface area contributed by atoms with Crippen molar-refractivity contribution in [1.82, 2.24) is 4.90 Å². The molecule has 1 saturated heterocycles. The van der Waals surface area contributed by atoms with Gasteiger partial charge in [-0.15, -0.1) is 0 Å². The average molecular weight is 314 g/mol. The summed E-state index contributed by atoms with van der Waals surface area (Å²) in [7, 11) is -3.67. The van der Waals surface area contributed by atoms with E-state index in [1.54, 1.807) is 12.1 Å². The van der Waals surface area contributed by atoms with E-state index in [2.05, 4.69) is 0 Å². The molecule has 1 fully saturated rings. The third-order valence-corrected chi connectivity index (χ3v) is 3.64. The summed E-state index contributed by atoms with van der Waals surface area (Å²) in [5, 5.41) is 10.6. The first kappa shape index (κ1) is 15.4. The smallest absolute Gasteiger partial charge is 0.269 e. The first-order valence-corrected chi connectivity index (χ1v) is 7.98. The molecule has 0 N–H and O–H groups in total. The molecule has 0 aromatic heterocycles. The number of nitro groups is 1. The normalized spacial score (nSPS) is 19.0. The second kappa shape index (κ2) is 5.78. The Bertz CT molecular complexity index is 655. The van der Waals surface area contributed by atoms with Crippen LogP contribution in [0.3, 0.4) is 0 Å². The molecule has 0 spiro atoms. The second-order valence-corrected chi connectivity index (χ2v) is 6.36. The highest BCUT2D eigenvalue weighted by Crippen LogP contribution is 2.20. The number of hydrogen-bond acceptors (Lipinski definition) is 6. The second-order valence-electron chi connectivity index (χ2n) is 4.76. The van der Waals surface area contributed by atoms with E-state index < -0.39 is 27.1 Å². The van der Waals surface area contributed by atoms with Crippen molar-refractivity contribution in [3.63, 3.8) is 0 Å². The predicted molar refractivity (Wildman–Crippen MR) is 72.8 cm³/mol. The molecule has 0 aliphatic carbocycles. The number of hydrogen-bond donors (Lipinski definition) is 0. The number of carbonyl (C=O) groups is 1. The molecule has 2 rings (SSSR count). The molecule has 1 amide bonds. The number of non-ortho nitro benzene ring substituents is 1. The quantitative estimate of drug-likeness (QED) is 0.449. The lowest BCUT2D eigenvalue weighted by Gasteiger charge is -2.16. The van der Waals surface area contributed by atoms with Crippen molar-refractivity contribution in [3.8, 4) is 0 Å². The van der Waals surface area contributed by atoms with Crippen LogP contribution >= 0.6 is 0 Å². The van der Waals surface area contributed by atoms with Gasteiger partial charge in [0.25, 0.3) is 21.7 Å². The highest BCUT2D eigenvalue weighted by molar-refractivity contribution is 7.86. The number of benzene rings is 1. The van der Waals surface area contributed by atoms with Crippen LogP contribution in [-0.2, 0) is 25.6 Å². The van der Waals surface area contributed by atoms with Gasteiger partial charge in [-0.25, -0.2) is 0 Å². The maximum absolute atomic E-state index is 12.0. The zero-order valence-electron chi connectivity index (χ0n) is 11.3. The summed E-state index contributed by atoms with van der Waals surface area (Å²) in [6.45, 7) is 0.649. The van der Waals surface area contributed by atoms with Crippen LogP contribution in [0.25, 0.3) is 0 Å². The van der Waals surface area contributed by atoms with Gasteiger partial charge in [-0.05, 0) is 5.56 Å². The van der Waals surface area contributed by atoms with Crippen molar-refractivity contribution < 1.29 is 22.3 Å². The van der Waals surface area contributed by atoms with Crippen LogP contribution in [0, 0.1) is 10.1 Å². The van der Waals surface area contributed by atoms with Gasteiger partial charge in [-0.3, -0.25) is 19.1 Å². The van der Waals surface area contributed by atoms with Crippen LogP contribution in [0.2, 0.25) is 0 Å². The maximum Gasteiger partial charge on any atom is 0.269 e. The van der Waals surface area contributed by atoms with Crippen LogP contribution in [0.4, 0.5) is 5.69 Å². The van der Waals surface area contributed by atoms with Gasteiger partial charge in [0.05, 0.1) is 11.2 Å². The van der Waals surface area contributed by atoms with Gasteiger partial charge < -0.3 is 4.90 Å². The minimum atomic E-state index is -3.67. The van der Waals surface area contributed by atoms with E-state index in [-0.39, 0.29) is 12.2 Å². The van der Waals surface area contributed by atoms with Gasteiger partial charge in [0.2, 0.25) is 0 Å². The highest BCUT2D eigenvalue weighted by Gasteiger charge is 2.34. The molecule has 0 bridgehead atoms. The van der Waals surface area contributed by atoms with Gasteiger partial charge >= 0.3 is 0 Å². The third kappa shape index (κ3) is 3.99. The van der Waals surface area contributed by atoms with Gasteiger partial charge in [0.1, 0.15) is 0 Å². The molecule has 21 heavy (non-hydrogen) atoms. The Balaban J connectivity index is 2.01. The number of rotatable bonds is 5. The Morgan fingerprint density at radius 1 is 1.38 bits per heavy atom. The van der Waals surface area contributed by atoms with Crippen LogP contribution in [-0.4, -0.2) is 43.1 Å². The molecule has 1 heterocycles. The van der Waals surface area contributed by atoms with Gasteiger partial charge in [-0.1, -0.05) is 12.1 Å². The SMILES string of the molecule is CS(=O)(=O)O[C@H]1CCN(Cc2ccc([N+](=O)[O-])cc2)C1=O. The number of nitro benzene ring substituents is 1. The molecular formula is C12H14N2O6S. The van der Waals surface area contributed by atoms with Crippen molar-refractivity contribution >= 4 is 21.7 Å². The van der Waals surface area contributed by atoms with Gasteiger partial charge in [-0.2, -0.15) is 8.42 Å². The van der Waals surface area contributed by atoms with Crippen molar-refractivity contribution in [3.05, 3.63) is 39.9 Å². The van der Waals surface area contributed by atoms with Crippen LogP contribution < -0.4 is 0 Å². The Kier molecular flexibility index (Phi) is 4.24. The molecule has 0 unspecified atom stereocenters. The van der Waals surface area contributed by atoms with Crippen LogP contribution in [0.15, 0.2) is 24.3 Å². The van der Waals surface area contributed by atoms with Crippen molar-refractivity contribution in [2.24, 2.45) is 0 Å². The fourth-order valence-electron chi connectivity index (χ4n) is 2.11. The number of carbonyl (C=O) groups excluding carboxylic acids is 1. The summed E-state index contributed by atoms with van der Waals surface area (Å²) in [4.78, 5) is 23.5. The third-order valence-electron chi connectivity index (χ3n) is 3.06. The number of likely N-dealkylation sites (tertiary alicyclic amines) is 1. The van der Waals surface area contributed by atoms with Crippen molar-refractivity contribution in [2.75, 3.05) is 12.8 Å². The zero-order chi connectivity index (χ0) is 15.6. The summed E-state index contributed by atoms with van der Waals surface area (Å²) in [6, 6.07) is 5.85. The van der Waals surface area contributed by atoms with E-state index in [0.717, 1.165) is 11.8 Å². The molecule has 1 atom stereocenters. The molecule has 8 nitrogen and oxygen atoms in total. The number of amides is 1. The van der Waals surface area contributed by atoms with Gasteiger partial charge in [0, 0.05) is 31.6 Å². The fourth-order valence-corrected chi connectivity index (χ4v) is 2.71. The Morgan fingerprint density at radius 2 is 2.00 bits per heavy atom. The highest BCUT2D eigenvalue weighted by atomic mass is 32.2. The Morgan fingerprint density at radius 3 is 2.52 bits per heavy atom. The molecular weight excluding hydrogens is 300 g/mol. The first-order valence-electron chi connectivity index (χ1n) is 6.16.